The highest BCUT2D eigenvalue weighted by atomic mass is 79.9. The van der Waals surface area contributed by atoms with Crippen LogP contribution in [0.1, 0.15) is 44.7 Å². The number of halogens is 2. The van der Waals surface area contributed by atoms with Crippen LogP contribution < -0.4 is 4.90 Å². The standard InChI is InChI=1S/C28H19BrClNO3/c1-15(32)25-24(16-6-9-18(29)10-7-16)28(26(33)20-4-2-3-5-21(20)27(28)34)23-13-8-17-14-19(30)11-12-22(17)31(23)25/h2-14,23-25H,1H3/t23-,24+,25-/m1/s1. The molecule has 0 aromatic heterocycles. The molecule has 0 bridgehead atoms. The summed E-state index contributed by atoms with van der Waals surface area (Å²) in [4.78, 5) is 43.8. The van der Waals surface area contributed by atoms with E-state index in [-0.39, 0.29) is 17.3 Å². The summed E-state index contributed by atoms with van der Waals surface area (Å²) < 4.78 is 0.882. The van der Waals surface area contributed by atoms with E-state index in [1.54, 1.807) is 30.3 Å². The summed E-state index contributed by atoms with van der Waals surface area (Å²) in [5, 5.41) is 0.583. The van der Waals surface area contributed by atoms with Crippen LogP contribution in [0, 0.1) is 5.41 Å². The van der Waals surface area contributed by atoms with E-state index >= 15 is 0 Å². The minimum absolute atomic E-state index is 0.0949. The van der Waals surface area contributed by atoms with Crippen LogP contribution in [-0.2, 0) is 4.79 Å². The zero-order valence-electron chi connectivity index (χ0n) is 18.2. The molecule has 3 atom stereocenters. The number of carbonyl (C=O) groups is 3. The minimum Gasteiger partial charge on any atom is -0.352 e. The molecule has 1 spiro atoms. The maximum absolute atomic E-state index is 14.2. The third-order valence-electron chi connectivity index (χ3n) is 7.41. The highest BCUT2D eigenvalue weighted by Gasteiger charge is 2.71. The summed E-state index contributed by atoms with van der Waals surface area (Å²) in [5.41, 5.74) is 1.85. The molecule has 0 saturated carbocycles. The third kappa shape index (κ3) is 2.68. The Kier molecular flexibility index (Phi) is 4.74. The summed E-state index contributed by atoms with van der Waals surface area (Å²) >= 11 is 9.73. The molecular weight excluding hydrogens is 514 g/mol. The molecule has 3 aliphatic rings. The van der Waals surface area contributed by atoms with Crippen molar-refractivity contribution in [3.63, 3.8) is 0 Å². The van der Waals surface area contributed by atoms with Crippen LogP contribution in [0.4, 0.5) is 5.69 Å². The normalized spacial score (nSPS) is 23.7. The lowest BCUT2D eigenvalue weighted by atomic mass is 9.64. The van der Waals surface area contributed by atoms with Crippen LogP contribution >= 0.6 is 27.5 Å². The van der Waals surface area contributed by atoms with Crippen molar-refractivity contribution in [3.05, 3.63) is 105 Å². The average molecular weight is 533 g/mol. The summed E-state index contributed by atoms with van der Waals surface area (Å²) in [7, 11) is 0. The van der Waals surface area contributed by atoms with E-state index in [0.29, 0.717) is 16.1 Å². The van der Waals surface area contributed by atoms with Crippen molar-refractivity contribution in [1.82, 2.24) is 0 Å². The Balaban J connectivity index is 1.68. The smallest absolute Gasteiger partial charge is 0.180 e. The van der Waals surface area contributed by atoms with Crippen molar-refractivity contribution >= 4 is 56.6 Å². The van der Waals surface area contributed by atoms with Crippen LogP contribution in [0.2, 0.25) is 5.02 Å². The summed E-state index contributed by atoms with van der Waals surface area (Å²) in [6.45, 7) is 1.54. The zero-order chi connectivity index (χ0) is 23.8. The van der Waals surface area contributed by atoms with Crippen LogP contribution in [-0.4, -0.2) is 29.4 Å². The SMILES string of the molecule is CC(=O)[C@@H]1[C@H](c2ccc(Br)cc2)C2(C(=O)c3ccccc3C2=O)[C@H]2C=Cc3cc(Cl)ccc3N12. The number of carbonyl (C=O) groups excluding carboxylic acids is 3. The summed E-state index contributed by atoms with van der Waals surface area (Å²) in [6.07, 6.45) is 3.81. The molecule has 2 heterocycles. The van der Waals surface area contributed by atoms with Gasteiger partial charge in [0, 0.05) is 32.2 Å². The van der Waals surface area contributed by atoms with Gasteiger partial charge in [0.15, 0.2) is 17.3 Å². The maximum Gasteiger partial charge on any atom is 0.180 e. The minimum atomic E-state index is -1.44. The Hall–Kier alpha value is -3.02. The number of hydrogen-bond acceptors (Lipinski definition) is 4. The van der Waals surface area contributed by atoms with Crippen LogP contribution in [0.3, 0.4) is 0 Å². The Morgan fingerprint density at radius 2 is 1.62 bits per heavy atom. The molecule has 0 N–H and O–H groups in total. The Bertz CT molecular complexity index is 1390. The van der Waals surface area contributed by atoms with Gasteiger partial charge in [0.1, 0.15) is 5.41 Å². The predicted molar refractivity (Wildman–Crippen MR) is 136 cm³/mol. The van der Waals surface area contributed by atoms with Crippen molar-refractivity contribution in [3.8, 4) is 0 Å². The molecule has 1 fully saturated rings. The van der Waals surface area contributed by atoms with Gasteiger partial charge in [-0.2, -0.15) is 0 Å². The van der Waals surface area contributed by atoms with Crippen molar-refractivity contribution < 1.29 is 14.4 Å². The van der Waals surface area contributed by atoms with Gasteiger partial charge >= 0.3 is 0 Å². The largest absolute Gasteiger partial charge is 0.352 e. The van der Waals surface area contributed by atoms with Gasteiger partial charge < -0.3 is 4.90 Å². The number of anilines is 1. The Morgan fingerprint density at radius 1 is 0.971 bits per heavy atom. The number of Topliss-reactive ketones (excluding diaryl/α,β-unsaturated/α-hetero) is 3. The molecule has 3 aromatic rings. The van der Waals surface area contributed by atoms with Gasteiger partial charge in [0.2, 0.25) is 0 Å². The molecule has 0 amide bonds. The second-order valence-corrected chi connectivity index (χ2v) is 10.4. The fourth-order valence-electron chi connectivity index (χ4n) is 6.14. The number of ketones is 3. The summed E-state index contributed by atoms with van der Waals surface area (Å²) in [5.74, 6) is -1.19. The van der Waals surface area contributed by atoms with Gasteiger partial charge in [-0.1, -0.05) is 76.1 Å². The fourth-order valence-corrected chi connectivity index (χ4v) is 6.59. The van der Waals surface area contributed by atoms with Gasteiger partial charge in [-0.25, -0.2) is 0 Å². The van der Waals surface area contributed by atoms with Gasteiger partial charge in [-0.3, -0.25) is 14.4 Å². The molecule has 168 valence electrons. The second kappa shape index (κ2) is 7.49. The molecule has 6 heteroatoms. The maximum atomic E-state index is 14.2. The number of rotatable bonds is 2. The number of hydrogen-bond donors (Lipinski definition) is 0. The van der Waals surface area contributed by atoms with E-state index in [1.165, 1.54) is 6.92 Å². The molecule has 3 aromatic carbocycles. The third-order valence-corrected chi connectivity index (χ3v) is 8.18. The first-order valence-corrected chi connectivity index (χ1v) is 12.2. The monoisotopic (exact) mass is 531 g/mol. The van der Waals surface area contributed by atoms with E-state index in [4.69, 9.17) is 11.6 Å². The predicted octanol–water partition coefficient (Wildman–Crippen LogP) is 6.12. The average Bonchev–Trinajstić information content (AvgIpc) is 3.26. The van der Waals surface area contributed by atoms with E-state index < -0.39 is 23.4 Å². The first-order chi connectivity index (χ1) is 16.4. The van der Waals surface area contributed by atoms with Gasteiger partial charge in [-0.05, 0) is 48.4 Å². The molecule has 6 rings (SSSR count). The van der Waals surface area contributed by atoms with Crippen LogP contribution in [0.5, 0.6) is 0 Å². The topological polar surface area (TPSA) is 54.5 Å². The van der Waals surface area contributed by atoms with Gasteiger partial charge in [0.25, 0.3) is 0 Å². The number of nitrogens with zero attached hydrogens (tertiary/aromatic N) is 1. The lowest BCUT2D eigenvalue weighted by Crippen LogP contribution is -2.48. The molecule has 2 aliphatic heterocycles. The molecule has 1 saturated heterocycles. The summed E-state index contributed by atoms with van der Waals surface area (Å²) in [6, 6.07) is 18.8. The Labute approximate surface area is 210 Å². The van der Waals surface area contributed by atoms with E-state index in [9.17, 15) is 14.4 Å². The van der Waals surface area contributed by atoms with Gasteiger partial charge in [0.05, 0.1) is 12.1 Å². The fraction of sp³-hybridized carbons (Fsp3) is 0.179. The lowest BCUT2D eigenvalue weighted by Gasteiger charge is -2.37. The first-order valence-electron chi connectivity index (χ1n) is 11.1. The molecule has 0 unspecified atom stereocenters. The number of benzene rings is 3. The van der Waals surface area contributed by atoms with E-state index in [0.717, 1.165) is 21.3 Å². The molecule has 34 heavy (non-hydrogen) atoms. The van der Waals surface area contributed by atoms with Crippen LogP contribution in [0.15, 0.2) is 77.3 Å². The Morgan fingerprint density at radius 3 is 2.24 bits per heavy atom. The quantitative estimate of drug-likeness (QED) is 0.373. The van der Waals surface area contributed by atoms with E-state index in [1.807, 2.05) is 53.5 Å². The van der Waals surface area contributed by atoms with Crippen molar-refractivity contribution in [2.45, 2.75) is 24.9 Å². The molecule has 4 nitrogen and oxygen atoms in total. The van der Waals surface area contributed by atoms with Crippen LogP contribution in [0.25, 0.3) is 6.08 Å². The van der Waals surface area contributed by atoms with Crippen molar-refractivity contribution in [1.29, 1.82) is 0 Å². The lowest BCUT2D eigenvalue weighted by molar-refractivity contribution is -0.118. The van der Waals surface area contributed by atoms with Crippen molar-refractivity contribution in [2.75, 3.05) is 4.90 Å². The highest BCUT2D eigenvalue weighted by molar-refractivity contribution is 9.10. The van der Waals surface area contributed by atoms with Gasteiger partial charge in [-0.15, -0.1) is 0 Å². The van der Waals surface area contributed by atoms with Crippen molar-refractivity contribution in [2.24, 2.45) is 5.41 Å². The highest BCUT2D eigenvalue weighted by Crippen LogP contribution is 2.60. The zero-order valence-corrected chi connectivity index (χ0v) is 20.5. The molecule has 0 radical (unpaired) electrons. The molecular formula is C28H19BrClNO3. The number of fused-ring (bicyclic) bond motifs is 5. The van der Waals surface area contributed by atoms with E-state index in [2.05, 4.69) is 15.9 Å². The second-order valence-electron chi connectivity index (χ2n) is 9.07. The molecule has 1 aliphatic carbocycles. The first kappa shape index (κ1) is 21.5.